The number of carbonyl (C=O) groups is 1. The van der Waals surface area contributed by atoms with E-state index in [0.29, 0.717) is 0 Å². The minimum absolute atomic E-state index is 0.0213. The first-order valence-electron chi connectivity index (χ1n) is 5.01. The van der Waals surface area contributed by atoms with Crippen molar-refractivity contribution >= 4 is 6.09 Å². The normalized spacial score (nSPS) is 14.0. The van der Waals surface area contributed by atoms with Crippen LogP contribution in [0.1, 0.15) is 27.7 Å². The van der Waals surface area contributed by atoms with Crippen LogP contribution in [0.3, 0.4) is 0 Å². The summed E-state index contributed by atoms with van der Waals surface area (Å²) in [6.07, 6.45) is 2.99. The first-order valence-corrected chi connectivity index (χ1v) is 5.01. The Hall–Kier alpha value is -1.03. The van der Waals surface area contributed by atoms with E-state index in [1.165, 1.54) is 4.90 Å². The summed E-state index contributed by atoms with van der Waals surface area (Å²) >= 11 is 0. The Bertz CT molecular complexity index is 230. The summed E-state index contributed by atoms with van der Waals surface area (Å²) in [6, 6.07) is -0.0907. The van der Waals surface area contributed by atoms with Gasteiger partial charge in [-0.2, -0.15) is 0 Å². The Labute approximate surface area is 91.5 Å². The van der Waals surface area contributed by atoms with E-state index < -0.39 is 5.60 Å². The van der Waals surface area contributed by atoms with Gasteiger partial charge in [0.05, 0.1) is 12.6 Å². The number of nitrogens with zero attached hydrogens (tertiary/aromatic N) is 1. The van der Waals surface area contributed by atoms with Crippen molar-refractivity contribution in [3.63, 3.8) is 0 Å². The van der Waals surface area contributed by atoms with Crippen molar-refractivity contribution in [1.82, 2.24) is 4.90 Å². The highest BCUT2D eigenvalue weighted by Gasteiger charge is 2.21. The number of carbonyl (C=O) groups excluding carboxylic acids is 1. The summed E-state index contributed by atoms with van der Waals surface area (Å²) in [4.78, 5) is 13.1. The van der Waals surface area contributed by atoms with E-state index in [4.69, 9.17) is 9.84 Å². The van der Waals surface area contributed by atoms with Gasteiger partial charge in [-0.15, -0.1) is 0 Å². The van der Waals surface area contributed by atoms with E-state index in [-0.39, 0.29) is 18.7 Å². The van der Waals surface area contributed by atoms with Crippen molar-refractivity contribution in [1.29, 1.82) is 0 Å². The van der Waals surface area contributed by atoms with Gasteiger partial charge in [-0.05, 0) is 27.7 Å². The van der Waals surface area contributed by atoms with Crippen LogP contribution in [0.15, 0.2) is 12.2 Å². The molecule has 1 amide bonds. The Morgan fingerprint density at radius 1 is 1.53 bits per heavy atom. The second-order valence-corrected chi connectivity index (χ2v) is 4.44. The number of ether oxygens (including phenoxy) is 1. The van der Waals surface area contributed by atoms with E-state index in [1.54, 1.807) is 19.2 Å². The number of aliphatic hydroxyl groups is 1. The number of hydrogen-bond acceptors (Lipinski definition) is 3. The molecule has 0 spiro atoms. The molecule has 1 N–H and O–H groups in total. The largest absolute Gasteiger partial charge is 0.444 e. The lowest BCUT2D eigenvalue weighted by atomic mass is 10.2. The maximum Gasteiger partial charge on any atom is 0.410 e. The van der Waals surface area contributed by atoms with Crippen molar-refractivity contribution in [3.05, 3.63) is 12.2 Å². The lowest BCUT2D eigenvalue weighted by Gasteiger charge is -2.27. The Morgan fingerprint density at radius 2 is 2.07 bits per heavy atom. The zero-order valence-electron chi connectivity index (χ0n) is 10.2. The number of amides is 1. The molecule has 0 aromatic heterocycles. The number of aliphatic hydroxyl groups excluding tert-OH is 1. The second kappa shape index (κ2) is 5.75. The molecule has 0 aromatic carbocycles. The minimum atomic E-state index is -0.480. The van der Waals surface area contributed by atoms with Crippen LogP contribution in [0, 0.1) is 0 Å². The van der Waals surface area contributed by atoms with E-state index in [1.807, 2.05) is 27.7 Å². The second-order valence-electron chi connectivity index (χ2n) is 4.44. The Morgan fingerprint density at radius 3 is 2.47 bits per heavy atom. The fourth-order valence-electron chi connectivity index (χ4n) is 0.887. The van der Waals surface area contributed by atoms with Crippen molar-refractivity contribution in [2.24, 2.45) is 0 Å². The predicted octanol–water partition coefficient (Wildman–Crippen LogP) is 1.79. The molecule has 88 valence electrons. The van der Waals surface area contributed by atoms with E-state index in [0.717, 1.165) is 0 Å². The van der Waals surface area contributed by atoms with Crippen LogP contribution in [-0.4, -0.2) is 41.4 Å². The monoisotopic (exact) mass is 215 g/mol. The van der Waals surface area contributed by atoms with Gasteiger partial charge in [0, 0.05) is 7.05 Å². The van der Waals surface area contributed by atoms with Crippen molar-refractivity contribution in [3.8, 4) is 0 Å². The van der Waals surface area contributed by atoms with Gasteiger partial charge in [0.25, 0.3) is 0 Å². The van der Waals surface area contributed by atoms with Gasteiger partial charge in [0.15, 0.2) is 0 Å². The molecule has 0 aliphatic carbocycles. The zero-order valence-corrected chi connectivity index (χ0v) is 10.2. The summed E-state index contributed by atoms with van der Waals surface area (Å²) in [6.45, 7) is 7.31. The first kappa shape index (κ1) is 14.0. The average molecular weight is 215 g/mol. The van der Waals surface area contributed by atoms with Crippen LogP contribution in [0.4, 0.5) is 4.79 Å². The smallest absolute Gasteiger partial charge is 0.410 e. The molecular weight excluding hydrogens is 194 g/mol. The highest BCUT2D eigenvalue weighted by molar-refractivity contribution is 5.68. The van der Waals surface area contributed by atoms with Gasteiger partial charge in [-0.25, -0.2) is 4.79 Å². The van der Waals surface area contributed by atoms with Crippen molar-refractivity contribution in [2.75, 3.05) is 13.7 Å². The highest BCUT2D eigenvalue weighted by Crippen LogP contribution is 2.10. The minimum Gasteiger partial charge on any atom is -0.444 e. The van der Waals surface area contributed by atoms with Crippen molar-refractivity contribution in [2.45, 2.75) is 39.3 Å². The molecule has 4 heteroatoms. The third-order valence-electron chi connectivity index (χ3n) is 1.81. The van der Waals surface area contributed by atoms with Gasteiger partial charge >= 0.3 is 6.09 Å². The molecule has 1 unspecified atom stereocenters. The summed E-state index contributed by atoms with van der Waals surface area (Å²) in [5.41, 5.74) is -0.480. The van der Waals surface area contributed by atoms with Crippen LogP contribution in [-0.2, 0) is 4.74 Å². The summed E-state index contributed by atoms with van der Waals surface area (Å²) in [5.74, 6) is 0. The van der Waals surface area contributed by atoms with E-state index in [9.17, 15) is 4.79 Å². The van der Waals surface area contributed by atoms with Crippen LogP contribution >= 0.6 is 0 Å². The standard InChI is InChI=1S/C11H21NO3/c1-9(7-6-8-13)12(5)10(14)15-11(2,3)4/h6-7,9,13H,8H2,1-5H3/b7-6+. The molecule has 0 fully saturated rings. The molecular formula is C11H21NO3. The quantitative estimate of drug-likeness (QED) is 0.730. The lowest BCUT2D eigenvalue weighted by molar-refractivity contribution is 0.0266. The number of likely N-dealkylation sites (N-methyl/N-ethyl adjacent to an activating group) is 1. The summed E-state index contributed by atoms with van der Waals surface area (Å²) in [5, 5.41) is 8.60. The molecule has 0 saturated heterocycles. The average Bonchev–Trinajstić information content (AvgIpc) is 2.10. The Balaban J connectivity index is 4.26. The molecule has 0 heterocycles. The molecule has 15 heavy (non-hydrogen) atoms. The molecule has 0 radical (unpaired) electrons. The topological polar surface area (TPSA) is 49.8 Å². The SMILES string of the molecule is CC(/C=C/CO)N(C)C(=O)OC(C)(C)C. The highest BCUT2D eigenvalue weighted by atomic mass is 16.6. The van der Waals surface area contributed by atoms with Gasteiger partial charge in [-0.1, -0.05) is 12.2 Å². The van der Waals surface area contributed by atoms with E-state index >= 15 is 0 Å². The van der Waals surface area contributed by atoms with Gasteiger partial charge in [0.2, 0.25) is 0 Å². The van der Waals surface area contributed by atoms with Gasteiger partial charge in [0.1, 0.15) is 5.60 Å². The summed E-state index contributed by atoms with van der Waals surface area (Å²) in [7, 11) is 1.67. The van der Waals surface area contributed by atoms with Crippen LogP contribution < -0.4 is 0 Å². The zero-order chi connectivity index (χ0) is 12.1. The lowest BCUT2D eigenvalue weighted by Crippen LogP contribution is -2.38. The fourth-order valence-corrected chi connectivity index (χ4v) is 0.887. The molecule has 0 aliphatic heterocycles. The molecule has 0 bridgehead atoms. The maximum absolute atomic E-state index is 11.6. The van der Waals surface area contributed by atoms with Crippen LogP contribution in [0.5, 0.6) is 0 Å². The predicted molar refractivity (Wildman–Crippen MR) is 59.7 cm³/mol. The Kier molecular flexibility index (Phi) is 5.36. The third-order valence-corrected chi connectivity index (χ3v) is 1.81. The third kappa shape index (κ3) is 6.12. The number of rotatable bonds is 3. The summed E-state index contributed by atoms with van der Waals surface area (Å²) < 4.78 is 5.19. The molecule has 4 nitrogen and oxygen atoms in total. The van der Waals surface area contributed by atoms with Crippen LogP contribution in [0.25, 0.3) is 0 Å². The molecule has 0 aliphatic rings. The molecule has 1 atom stereocenters. The maximum atomic E-state index is 11.6. The molecule has 0 rings (SSSR count). The van der Waals surface area contributed by atoms with E-state index in [2.05, 4.69) is 0 Å². The van der Waals surface area contributed by atoms with Gasteiger partial charge in [-0.3, -0.25) is 0 Å². The molecule has 0 saturated carbocycles. The first-order chi connectivity index (χ1) is 6.78. The fraction of sp³-hybridized carbons (Fsp3) is 0.727. The van der Waals surface area contributed by atoms with Crippen molar-refractivity contribution < 1.29 is 14.6 Å². The molecule has 0 aromatic rings. The number of hydrogen-bond donors (Lipinski definition) is 1. The van der Waals surface area contributed by atoms with Crippen LogP contribution in [0.2, 0.25) is 0 Å². The van der Waals surface area contributed by atoms with Gasteiger partial charge < -0.3 is 14.7 Å².